The number of hydrogen-bond donors (Lipinski definition) is 1. The van der Waals surface area contributed by atoms with Crippen LogP contribution in [0.2, 0.25) is 0 Å². The van der Waals surface area contributed by atoms with Gasteiger partial charge in [-0.1, -0.05) is 0 Å². The molecule has 35 heavy (non-hydrogen) atoms. The van der Waals surface area contributed by atoms with Crippen molar-refractivity contribution in [3.8, 4) is 17.2 Å². The number of carbonyl (C=O) groups excluding carboxylic acids is 1. The second kappa shape index (κ2) is 10.6. The molecule has 0 radical (unpaired) electrons. The Balaban J connectivity index is 1.56. The third-order valence-corrected chi connectivity index (χ3v) is 6.99. The van der Waals surface area contributed by atoms with Gasteiger partial charge in [-0.25, -0.2) is 8.42 Å². The van der Waals surface area contributed by atoms with E-state index in [4.69, 9.17) is 14.2 Å². The van der Waals surface area contributed by atoms with E-state index < -0.39 is 23.5 Å². The number of rotatable bonds is 9. The molecule has 4 rings (SSSR count). The van der Waals surface area contributed by atoms with E-state index >= 15 is 0 Å². The van der Waals surface area contributed by atoms with Crippen LogP contribution in [0.3, 0.4) is 0 Å². The lowest BCUT2D eigenvalue weighted by molar-refractivity contribution is 0.102. The first-order chi connectivity index (χ1) is 16.7. The van der Waals surface area contributed by atoms with E-state index in [9.17, 15) is 17.8 Å². The third-order valence-electron chi connectivity index (χ3n) is 5.09. The molecule has 2 aromatic carbocycles. The summed E-state index contributed by atoms with van der Waals surface area (Å²) >= 11 is 0. The van der Waals surface area contributed by atoms with Gasteiger partial charge in [0.15, 0.2) is 15.7 Å². The number of sulfone groups is 1. The molecule has 1 N–H and O–H groups in total. The summed E-state index contributed by atoms with van der Waals surface area (Å²) in [5.74, 6) is 1.08. The molecular formula is C23H26N3O7PS. The van der Waals surface area contributed by atoms with E-state index in [1.165, 1.54) is 16.8 Å². The number of hydrogen-bond acceptors (Lipinski definition) is 8. The molecule has 1 fully saturated rings. The molecule has 0 spiro atoms. The van der Waals surface area contributed by atoms with Gasteiger partial charge in [-0.2, -0.15) is 5.10 Å². The highest BCUT2D eigenvalue weighted by atomic mass is 32.2. The topological polar surface area (TPSA) is 126 Å². The summed E-state index contributed by atoms with van der Waals surface area (Å²) in [6.45, 7) is 2.70. The van der Waals surface area contributed by atoms with Crippen molar-refractivity contribution >= 4 is 29.4 Å². The molecule has 10 nitrogen and oxygen atoms in total. The first kappa shape index (κ1) is 25.0. The summed E-state index contributed by atoms with van der Waals surface area (Å²) in [5.41, 5.74) is 0.280. The normalized spacial score (nSPS) is 16.6. The Hall–Kier alpha value is -3.14. The number of benzene rings is 2. The monoisotopic (exact) mass is 519 g/mol. The van der Waals surface area contributed by atoms with Gasteiger partial charge in [0.2, 0.25) is 0 Å². The lowest BCUT2D eigenvalue weighted by atomic mass is 10.1. The summed E-state index contributed by atoms with van der Waals surface area (Å²) in [5, 5.41) is 6.95. The lowest BCUT2D eigenvalue weighted by Crippen LogP contribution is -2.17. The SMILES string of the molecule is C[PH](=O)Cn1ccc(NC(=O)c2cc(Oc3ccc(S(C)(=O)=O)cc3)cc(OC3CCOC3)c2)n1. The molecule has 1 amide bonds. The Morgan fingerprint density at radius 2 is 1.91 bits per heavy atom. The molecule has 2 heterocycles. The van der Waals surface area contributed by atoms with Crippen molar-refractivity contribution in [1.82, 2.24) is 9.78 Å². The number of nitrogens with zero attached hydrogens (tertiary/aromatic N) is 2. The van der Waals surface area contributed by atoms with Crippen LogP contribution in [0.1, 0.15) is 16.8 Å². The van der Waals surface area contributed by atoms with Gasteiger partial charge in [-0.3, -0.25) is 9.48 Å². The van der Waals surface area contributed by atoms with Gasteiger partial charge in [-0.15, -0.1) is 0 Å². The Bertz CT molecular complexity index is 1330. The Morgan fingerprint density at radius 1 is 1.17 bits per heavy atom. The Labute approximate surface area is 203 Å². The number of carbonyl (C=O) groups is 1. The molecule has 1 saturated heterocycles. The standard InChI is InChI=1S/C23H26N3O7PS/c1-34(28)15-26-9-7-22(25-26)24-23(27)16-11-19(13-20(12-16)33-18-8-10-31-14-18)32-17-3-5-21(6-4-17)35(2,29)30/h3-7,9,11-13,18,34H,8,10,14-15H2,1-2H3,(H,24,25,27). The summed E-state index contributed by atoms with van der Waals surface area (Å²) in [6.07, 6.45) is 3.67. The van der Waals surface area contributed by atoms with Gasteiger partial charge in [0.25, 0.3) is 5.91 Å². The second-order valence-electron chi connectivity index (χ2n) is 8.20. The summed E-state index contributed by atoms with van der Waals surface area (Å²) in [4.78, 5) is 13.2. The van der Waals surface area contributed by atoms with Crippen LogP contribution < -0.4 is 14.8 Å². The maximum atomic E-state index is 13.0. The molecule has 12 heteroatoms. The third kappa shape index (κ3) is 6.94. The maximum absolute atomic E-state index is 13.0. The molecule has 3 aromatic rings. The molecule has 2 unspecified atom stereocenters. The zero-order valence-electron chi connectivity index (χ0n) is 19.3. The number of aromatic nitrogens is 2. The van der Waals surface area contributed by atoms with Gasteiger partial charge >= 0.3 is 0 Å². The maximum Gasteiger partial charge on any atom is 0.257 e. The molecule has 186 valence electrons. The van der Waals surface area contributed by atoms with E-state index in [0.29, 0.717) is 42.6 Å². The average Bonchev–Trinajstić information content (AvgIpc) is 3.45. The largest absolute Gasteiger partial charge is 0.488 e. The van der Waals surface area contributed by atoms with E-state index in [1.54, 1.807) is 49.3 Å². The van der Waals surface area contributed by atoms with Crippen LogP contribution in [0.15, 0.2) is 59.6 Å². The number of amides is 1. The average molecular weight is 520 g/mol. The molecule has 0 saturated carbocycles. The van der Waals surface area contributed by atoms with Crippen LogP contribution in [-0.4, -0.2) is 56.3 Å². The molecule has 1 aliphatic heterocycles. The molecular weight excluding hydrogens is 493 g/mol. The first-order valence-corrected chi connectivity index (χ1v) is 14.9. The minimum atomic E-state index is -3.33. The van der Waals surface area contributed by atoms with E-state index in [-0.39, 0.29) is 16.6 Å². The number of ether oxygens (including phenoxy) is 3. The van der Waals surface area contributed by atoms with Crippen LogP contribution in [0, 0.1) is 0 Å². The van der Waals surface area contributed by atoms with Crippen molar-refractivity contribution in [1.29, 1.82) is 0 Å². The van der Waals surface area contributed by atoms with E-state index in [2.05, 4.69) is 10.4 Å². The quantitative estimate of drug-likeness (QED) is 0.425. The highest BCUT2D eigenvalue weighted by molar-refractivity contribution is 7.90. The summed E-state index contributed by atoms with van der Waals surface area (Å²) in [6, 6.07) is 12.4. The van der Waals surface area contributed by atoms with Crippen molar-refractivity contribution in [2.45, 2.75) is 23.7 Å². The Kier molecular flexibility index (Phi) is 7.59. The zero-order valence-corrected chi connectivity index (χ0v) is 21.1. The minimum absolute atomic E-state index is 0.136. The highest BCUT2D eigenvalue weighted by Crippen LogP contribution is 2.30. The van der Waals surface area contributed by atoms with Crippen LogP contribution in [-0.2, 0) is 25.4 Å². The smallest absolute Gasteiger partial charge is 0.257 e. The first-order valence-electron chi connectivity index (χ1n) is 10.9. The van der Waals surface area contributed by atoms with Crippen LogP contribution >= 0.6 is 7.80 Å². The molecule has 2 atom stereocenters. The Morgan fingerprint density at radius 3 is 2.57 bits per heavy atom. The van der Waals surface area contributed by atoms with Crippen molar-refractivity contribution in [3.63, 3.8) is 0 Å². The molecule has 0 bridgehead atoms. The van der Waals surface area contributed by atoms with Gasteiger partial charge in [-0.05, 0) is 43.1 Å². The van der Waals surface area contributed by atoms with Gasteiger partial charge in [0.1, 0.15) is 23.4 Å². The van der Waals surface area contributed by atoms with Crippen molar-refractivity contribution in [2.75, 3.05) is 31.5 Å². The summed E-state index contributed by atoms with van der Waals surface area (Å²) in [7, 11) is -5.08. The van der Waals surface area contributed by atoms with Gasteiger partial charge < -0.3 is 24.1 Å². The minimum Gasteiger partial charge on any atom is -0.488 e. The van der Waals surface area contributed by atoms with E-state index in [0.717, 1.165) is 12.7 Å². The fourth-order valence-corrected chi connectivity index (χ4v) is 4.71. The molecule has 1 aromatic heterocycles. The van der Waals surface area contributed by atoms with Crippen molar-refractivity contribution < 1.29 is 32.0 Å². The predicted octanol–water partition coefficient (Wildman–Crippen LogP) is 3.65. The lowest BCUT2D eigenvalue weighted by Gasteiger charge is -2.15. The van der Waals surface area contributed by atoms with Crippen LogP contribution in [0.5, 0.6) is 17.2 Å². The second-order valence-corrected chi connectivity index (χ2v) is 11.9. The van der Waals surface area contributed by atoms with Crippen molar-refractivity contribution in [3.05, 3.63) is 60.3 Å². The predicted molar refractivity (Wildman–Crippen MR) is 131 cm³/mol. The summed E-state index contributed by atoms with van der Waals surface area (Å²) < 4.78 is 53.7. The van der Waals surface area contributed by atoms with Crippen LogP contribution in [0.4, 0.5) is 5.82 Å². The fraction of sp³-hybridized carbons (Fsp3) is 0.304. The van der Waals surface area contributed by atoms with Crippen molar-refractivity contribution in [2.24, 2.45) is 0 Å². The van der Waals surface area contributed by atoms with Crippen LogP contribution in [0.25, 0.3) is 0 Å². The van der Waals surface area contributed by atoms with Gasteiger partial charge in [0.05, 0.1) is 32.2 Å². The zero-order chi connectivity index (χ0) is 25.0. The highest BCUT2D eigenvalue weighted by Gasteiger charge is 2.19. The van der Waals surface area contributed by atoms with E-state index in [1.807, 2.05) is 0 Å². The number of anilines is 1. The van der Waals surface area contributed by atoms with Gasteiger partial charge in [0, 0.05) is 36.6 Å². The molecule has 0 aliphatic carbocycles. The fourth-order valence-electron chi connectivity index (χ4n) is 3.45. The number of nitrogens with one attached hydrogen (secondary N) is 1. The molecule has 1 aliphatic rings.